The average Bonchev–Trinajstić information content (AvgIpc) is 2.54. The Morgan fingerprint density at radius 2 is 2.43 bits per heavy atom. The first-order valence-electron chi connectivity index (χ1n) is 4.55. The predicted molar refractivity (Wildman–Crippen MR) is 47.2 cm³/mol. The van der Waals surface area contributed by atoms with Gasteiger partial charge < -0.3 is 10.4 Å². The zero-order valence-corrected chi connectivity index (χ0v) is 7.63. The number of nitrogens with zero attached hydrogens (tertiary/aromatic N) is 3. The lowest BCUT2D eigenvalue weighted by molar-refractivity contribution is -0.123. The van der Waals surface area contributed by atoms with E-state index in [1.165, 1.54) is 10.9 Å². The van der Waals surface area contributed by atoms with Crippen LogP contribution in [0.3, 0.4) is 0 Å². The van der Waals surface area contributed by atoms with Crippen LogP contribution in [0.5, 0.6) is 0 Å². The molecule has 14 heavy (non-hydrogen) atoms. The first-order valence-corrected chi connectivity index (χ1v) is 4.55. The van der Waals surface area contributed by atoms with E-state index in [0.717, 1.165) is 0 Å². The van der Waals surface area contributed by atoms with Gasteiger partial charge in [-0.25, -0.2) is 4.68 Å². The van der Waals surface area contributed by atoms with E-state index in [1.54, 1.807) is 6.20 Å². The molecule has 76 valence electrons. The van der Waals surface area contributed by atoms with Gasteiger partial charge in [0, 0.05) is 12.2 Å². The smallest absolute Gasteiger partial charge is 0.242 e. The van der Waals surface area contributed by atoms with Crippen molar-refractivity contribution in [1.82, 2.24) is 20.3 Å². The monoisotopic (exact) mass is 196 g/mol. The summed E-state index contributed by atoms with van der Waals surface area (Å²) in [5, 5.41) is 19.1. The number of aromatic nitrogens is 3. The summed E-state index contributed by atoms with van der Waals surface area (Å²) >= 11 is 0. The number of carbonyl (C=O) groups excluding carboxylic acids is 1. The molecular weight excluding hydrogens is 184 g/mol. The summed E-state index contributed by atoms with van der Waals surface area (Å²) in [4.78, 5) is 11.3. The van der Waals surface area contributed by atoms with Gasteiger partial charge in [-0.05, 0) is 12.8 Å². The maximum absolute atomic E-state index is 11.3. The van der Waals surface area contributed by atoms with Gasteiger partial charge in [-0.1, -0.05) is 5.21 Å². The maximum Gasteiger partial charge on any atom is 0.242 e. The Morgan fingerprint density at radius 3 is 3.00 bits per heavy atom. The zero-order chi connectivity index (χ0) is 9.97. The molecule has 0 bridgehead atoms. The van der Waals surface area contributed by atoms with Crippen LogP contribution >= 0.6 is 0 Å². The fourth-order valence-electron chi connectivity index (χ4n) is 1.44. The molecule has 1 aliphatic carbocycles. The highest BCUT2D eigenvalue weighted by molar-refractivity contribution is 5.76. The fourth-order valence-corrected chi connectivity index (χ4v) is 1.44. The van der Waals surface area contributed by atoms with Crippen molar-refractivity contribution in [3.05, 3.63) is 12.4 Å². The fraction of sp³-hybridized carbons (Fsp3) is 0.625. The maximum atomic E-state index is 11.3. The summed E-state index contributed by atoms with van der Waals surface area (Å²) in [6, 6.07) is 0.126. The predicted octanol–water partition coefficient (Wildman–Crippen LogP) is -1.08. The normalized spacial score (nSPS) is 25.5. The van der Waals surface area contributed by atoms with Gasteiger partial charge in [-0.2, -0.15) is 0 Å². The minimum absolute atomic E-state index is 0.0904. The Bertz CT molecular complexity index is 305. The number of hydrogen-bond donors (Lipinski definition) is 2. The molecule has 1 fully saturated rings. The molecule has 0 aliphatic heterocycles. The number of nitrogens with one attached hydrogen (secondary N) is 1. The van der Waals surface area contributed by atoms with E-state index in [9.17, 15) is 4.79 Å². The van der Waals surface area contributed by atoms with Crippen LogP contribution in [0, 0.1) is 0 Å². The van der Waals surface area contributed by atoms with Crippen LogP contribution in [0.15, 0.2) is 12.4 Å². The van der Waals surface area contributed by atoms with Crippen LogP contribution in [0.25, 0.3) is 0 Å². The number of hydrogen-bond acceptors (Lipinski definition) is 4. The third-order valence-corrected chi connectivity index (χ3v) is 2.26. The molecular formula is C8H12N4O2. The molecule has 0 atom stereocenters. The second-order valence-electron chi connectivity index (χ2n) is 3.49. The number of rotatable bonds is 3. The van der Waals surface area contributed by atoms with Crippen molar-refractivity contribution in [2.45, 2.75) is 31.5 Å². The molecule has 1 saturated carbocycles. The second-order valence-corrected chi connectivity index (χ2v) is 3.49. The number of amides is 1. The van der Waals surface area contributed by atoms with Gasteiger partial charge >= 0.3 is 0 Å². The molecule has 6 nitrogen and oxygen atoms in total. The third kappa shape index (κ3) is 2.08. The van der Waals surface area contributed by atoms with E-state index in [2.05, 4.69) is 15.6 Å². The Labute approximate surface area is 80.9 Å². The molecule has 2 rings (SSSR count). The van der Waals surface area contributed by atoms with Crippen molar-refractivity contribution in [2.24, 2.45) is 0 Å². The van der Waals surface area contributed by atoms with Crippen LogP contribution in [0.2, 0.25) is 0 Å². The molecule has 1 aromatic rings. The van der Waals surface area contributed by atoms with Crippen molar-refractivity contribution in [3.63, 3.8) is 0 Å². The Hall–Kier alpha value is -1.43. The Morgan fingerprint density at radius 1 is 1.64 bits per heavy atom. The molecule has 0 saturated heterocycles. The van der Waals surface area contributed by atoms with Crippen LogP contribution in [0.4, 0.5) is 0 Å². The van der Waals surface area contributed by atoms with Crippen molar-refractivity contribution in [3.8, 4) is 0 Å². The highest BCUT2D eigenvalue weighted by Crippen LogP contribution is 2.18. The van der Waals surface area contributed by atoms with Gasteiger partial charge in [0.05, 0.1) is 12.3 Å². The van der Waals surface area contributed by atoms with Crippen LogP contribution < -0.4 is 5.32 Å². The SMILES string of the molecule is O=C(Cn1ccnn1)NC1CC(O)C1. The Kier molecular flexibility index (Phi) is 2.45. The topological polar surface area (TPSA) is 80.0 Å². The van der Waals surface area contributed by atoms with E-state index < -0.39 is 0 Å². The van der Waals surface area contributed by atoms with Crippen molar-refractivity contribution < 1.29 is 9.90 Å². The Balaban J connectivity index is 1.74. The molecule has 1 amide bonds. The lowest BCUT2D eigenvalue weighted by atomic mass is 9.89. The van der Waals surface area contributed by atoms with Gasteiger partial charge in [0.15, 0.2) is 0 Å². The standard InChI is InChI=1S/C8H12N4O2/c13-7-3-6(4-7)10-8(14)5-12-2-1-9-11-12/h1-2,6-7,13H,3-5H2,(H,10,14). The van der Waals surface area contributed by atoms with Crippen LogP contribution in [0.1, 0.15) is 12.8 Å². The quantitative estimate of drug-likeness (QED) is 0.644. The van der Waals surface area contributed by atoms with Gasteiger partial charge in [0.25, 0.3) is 0 Å². The summed E-state index contributed by atoms with van der Waals surface area (Å²) in [5.41, 5.74) is 0. The molecule has 6 heteroatoms. The summed E-state index contributed by atoms with van der Waals surface area (Å²) in [5.74, 6) is -0.0904. The summed E-state index contributed by atoms with van der Waals surface area (Å²) < 4.78 is 1.46. The third-order valence-electron chi connectivity index (χ3n) is 2.26. The van der Waals surface area contributed by atoms with Gasteiger partial charge in [-0.15, -0.1) is 5.10 Å². The highest BCUT2D eigenvalue weighted by Gasteiger charge is 2.28. The summed E-state index contributed by atoms with van der Waals surface area (Å²) in [6.45, 7) is 0.187. The van der Waals surface area contributed by atoms with Crippen LogP contribution in [-0.2, 0) is 11.3 Å². The van der Waals surface area contributed by atoms with Gasteiger partial charge in [0.1, 0.15) is 6.54 Å². The summed E-state index contributed by atoms with van der Waals surface area (Å²) in [7, 11) is 0. The van der Waals surface area contributed by atoms with Crippen molar-refractivity contribution in [2.75, 3.05) is 0 Å². The minimum Gasteiger partial charge on any atom is -0.393 e. The second kappa shape index (κ2) is 3.75. The average molecular weight is 196 g/mol. The van der Waals surface area contributed by atoms with Crippen molar-refractivity contribution in [1.29, 1.82) is 0 Å². The van der Waals surface area contributed by atoms with Gasteiger partial charge in [-0.3, -0.25) is 4.79 Å². The minimum atomic E-state index is -0.244. The molecule has 1 heterocycles. The van der Waals surface area contributed by atoms with Crippen LogP contribution in [-0.4, -0.2) is 38.2 Å². The number of aliphatic hydroxyl groups excluding tert-OH is 1. The molecule has 0 aromatic carbocycles. The van der Waals surface area contributed by atoms with E-state index in [4.69, 9.17) is 5.11 Å². The zero-order valence-electron chi connectivity index (χ0n) is 7.63. The van der Waals surface area contributed by atoms with Crippen molar-refractivity contribution >= 4 is 5.91 Å². The first-order chi connectivity index (χ1) is 6.74. The molecule has 2 N–H and O–H groups in total. The van der Waals surface area contributed by atoms with E-state index in [0.29, 0.717) is 12.8 Å². The van der Waals surface area contributed by atoms with E-state index in [-0.39, 0.29) is 24.6 Å². The summed E-state index contributed by atoms with van der Waals surface area (Å²) in [6.07, 6.45) is 4.23. The highest BCUT2D eigenvalue weighted by atomic mass is 16.3. The van der Waals surface area contributed by atoms with E-state index in [1.807, 2.05) is 0 Å². The number of aliphatic hydroxyl groups is 1. The largest absolute Gasteiger partial charge is 0.393 e. The molecule has 0 radical (unpaired) electrons. The first kappa shape index (κ1) is 9.14. The molecule has 1 aliphatic rings. The van der Waals surface area contributed by atoms with E-state index >= 15 is 0 Å². The van der Waals surface area contributed by atoms with Gasteiger partial charge in [0.2, 0.25) is 5.91 Å². The lowest BCUT2D eigenvalue weighted by Gasteiger charge is -2.31. The molecule has 1 aromatic heterocycles. The number of carbonyl (C=O) groups is 1. The lowest BCUT2D eigenvalue weighted by Crippen LogP contribution is -2.47. The molecule has 0 spiro atoms. The molecule has 0 unspecified atom stereocenters.